The van der Waals surface area contributed by atoms with Crippen LogP contribution in [-0.4, -0.2) is 35.7 Å². The maximum absolute atomic E-state index is 11.8. The highest BCUT2D eigenvalue weighted by molar-refractivity contribution is 6.30. The number of hydrogen-bond acceptors (Lipinski definition) is 3. The summed E-state index contributed by atoms with van der Waals surface area (Å²) in [5.74, 6) is -0.690. The normalized spacial score (nSPS) is 15.0. The van der Waals surface area contributed by atoms with Crippen LogP contribution in [0.4, 0.5) is 4.79 Å². The number of carbonyl (C=O) groups excluding carboxylic acids is 3. The Morgan fingerprint density at radius 1 is 1.29 bits per heavy atom. The molecule has 0 aliphatic carbocycles. The zero-order valence-corrected chi connectivity index (χ0v) is 9.53. The lowest BCUT2D eigenvalue weighted by molar-refractivity contribution is -0.124. The van der Waals surface area contributed by atoms with Gasteiger partial charge in [0.1, 0.15) is 0 Å². The molecule has 1 fully saturated rings. The van der Waals surface area contributed by atoms with Crippen molar-refractivity contribution < 1.29 is 14.4 Å². The standard InChI is InChI=1S/C11H9ClN2O3/c12-8-3-1-7(2-4-8)9(15)6-14-10(16)5-13-11(14)17/h1-4H,5-6H2,(H,13,17). The van der Waals surface area contributed by atoms with Gasteiger partial charge in [-0.05, 0) is 24.3 Å². The molecule has 2 rings (SSSR count). The lowest BCUT2D eigenvalue weighted by atomic mass is 10.1. The Bertz CT molecular complexity index is 468. The molecular weight excluding hydrogens is 244 g/mol. The van der Waals surface area contributed by atoms with Gasteiger partial charge in [-0.3, -0.25) is 14.5 Å². The molecule has 0 radical (unpaired) electrons. The van der Waals surface area contributed by atoms with Gasteiger partial charge in [-0.1, -0.05) is 11.6 Å². The molecule has 6 heteroatoms. The van der Waals surface area contributed by atoms with E-state index in [-0.39, 0.29) is 18.9 Å². The first kappa shape index (κ1) is 11.6. The number of benzene rings is 1. The Morgan fingerprint density at radius 3 is 2.47 bits per heavy atom. The van der Waals surface area contributed by atoms with Crippen LogP contribution in [0.3, 0.4) is 0 Å². The highest BCUT2D eigenvalue weighted by atomic mass is 35.5. The van der Waals surface area contributed by atoms with Crippen LogP contribution in [0.15, 0.2) is 24.3 Å². The Kier molecular flexibility index (Phi) is 3.10. The number of halogens is 1. The van der Waals surface area contributed by atoms with Crippen molar-refractivity contribution in [2.24, 2.45) is 0 Å². The SMILES string of the molecule is O=C(CN1C(=O)CNC1=O)c1ccc(Cl)cc1. The van der Waals surface area contributed by atoms with Crippen molar-refractivity contribution in [3.63, 3.8) is 0 Å². The van der Waals surface area contributed by atoms with Crippen LogP contribution in [0.2, 0.25) is 5.02 Å². The quantitative estimate of drug-likeness (QED) is 0.647. The van der Waals surface area contributed by atoms with Gasteiger partial charge >= 0.3 is 6.03 Å². The Balaban J connectivity index is 2.09. The molecule has 0 bridgehead atoms. The average Bonchev–Trinajstić information content (AvgIpc) is 2.61. The summed E-state index contributed by atoms with van der Waals surface area (Å²) in [5.41, 5.74) is 0.418. The van der Waals surface area contributed by atoms with E-state index in [2.05, 4.69) is 5.32 Å². The van der Waals surface area contributed by atoms with Gasteiger partial charge in [0, 0.05) is 10.6 Å². The van der Waals surface area contributed by atoms with Crippen LogP contribution < -0.4 is 5.32 Å². The summed E-state index contributed by atoms with van der Waals surface area (Å²) in [6.07, 6.45) is 0. The lowest BCUT2D eigenvalue weighted by Gasteiger charge is -2.10. The first-order valence-electron chi connectivity index (χ1n) is 4.95. The molecule has 5 nitrogen and oxygen atoms in total. The molecule has 0 spiro atoms. The summed E-state index contributed by atoms with van der Waals surface area (Å²) in [5, 5.41) is 2.87. The van der Waals surface area contributed by atoms with Crippen molar-refractivity contribution in [2.75, 3.05) is 13.1 Å². The number of urea groups is 1. The summed E-state index contributed by atoms with van der Waals surface area (Å²) in [4.78, 5) is 35.2. The fourth-order valence-electron chi connectivity index (χ4n) is 1.49. The molecule has 1 aliphatic rings. The molecule has 0 atom stereocenters. The van der Waals surface area contributed by atoms with Gasteiger partial charge in [-0.2, -0.15) is 0 Å². The number of amides is 3. The van der Waals surface area contributed by atoms with Gasteiger partial charge < -0.3 is 5.32 Å². The van der Waals surface area contributed by atoms with Crippen LogP contribution >= 0.6 is 11.6 Å². The topological polar surface area (TPSA) is 66.5 Å². The van der Waals surface area contributed by atoms with Crippen molar-refractivity contribution >= 4 is 29.3 Å². The van der Waals surface area contributed by atoms with E-state index in [4.69, 9.17) is 11.6 Å². The minimum atomic E-state index is -0.530. The van der Waals surface area contributed by atoms with E-state index >= 15 is 0 Å². The smallest absolute Gasteiger partial charge is 0.325 e. The van der Waals surface area contributed by atoms with Gasteiger partial charge in [0.15, 0.2) is 5.78 Å². The number of hydrogen-bond donors (Lipinski definition) is 1. The first-order chi connectivity index (χ1) is 8.08. The van der Waals surface area contributed by atoms with Gasteiger partial charge in [-0.15, -0.1) is 0 Å². The van der Waals surface area contributed by atoms with Gasteiger partial charge in [-0.25, -0.2) is 4.79 Å². The lowest BCUT2D eigenvalue weighted by Crippen LogP contribution is -2.35. The van der Waals surface area contributed by atoms with Crippen molar-refractivity contribution in [3.8, 4) is 0 Å². The average molecular weight is 253 g/mol. The summed E-state index contributed by atoms with van der Waals surface area (Å²) in [6.45, 7) is -0.293. The molecule has 3 amide bonds. The molecule has 0 aromatic heterocycles. The van der Waals surface area contributed by atoms with Gasteiger partial charge in [0.05, 0.1) is 13.1 Å². The molecule has 1 N–H and O–H groups in total. The van der Waals surface area contributed by atoms with E-state index in [9.17, 15) is 14.4 Å². The molecule has 0 saturated carbocycles. The van der Waals surface area contributed by atoms with E-state index < -0.39 is 11.9 Å². The molecule has 1 heterocycles. The number of imide groups is 1. The second kappa shape index (κ2) is 4.55. The molecule has 1 aromatic carbocycles. The zero-order valence-electron chi connectivity index (χ0n) is 8.77. The third kappa shape index (κ3) is 2.45. The Hall–Kier alpha value is -1.88. The van der Waals surface area contributed by atoms with Gasteiger partial charge in [0.25, 0.3) is 0 Å². The number of rotatable bonds is 3. The van der Waals surface area contributed by atoms with Gasteiger partial charge in [0.2, 0.25) is 5.91 Å². The van der Waals surface area contributed by atoms with Crippen molar-refractivity contribution in [1.29, 1.82) is 0 Å². The van der Waals surface area contributed by atoms with E-state index in [1.165, 1.54) is 0 Å². The number of nitrogens with zero attached hydrogens (tertiary/aromatic N) is 1. The largest absolute Gasteiger partial charge is 0.329 e. The number of ketones is 1. The maximum Gasteiger partial charge on any atom is 0.325 e. The molecular formula is C11H9ClN2O3. The van der Waals surface area contributed by atoms with E-state index in [0.717, 1.165) is 4.90 Å². The maximum atomic E-state index is 11.8. The molecule has 1 aromatic rings. The molecule has 1 aliphatic heterocycles. The predicted octanol–water partition coefficient (Wildman–Crippen LogP) is 1.07. The number of nitrogens with one attached hydrogen (secondary N) is 1. The Morgan fingerprint density at radius 2 is 1.94 bits per heavy atom. The third-order valence-electron chi connectivity index (χ3n) is 2.40. The molecule has 0 unspecified atom stereocenters. The summed E-state index contributed by atoms with van der Waals surface area (Å²) in [6, 6.07) is 5.76. The number of carbonyl (C=O) groups is 3. The summed E-state index contributed by atoms with van der Waals surface area (Å²) < 4.78 is 0. The first-order valence-corrected chi connectivity index (χ1v) is 5.32. The minimum Gasteiger partial charge on any atom is -0.329 e. The van der Waals surface area contributed by atoms with Crippen LogP contribution in [0.25, 0.3) is 0 Å². The summed E-state index contributed by atoms with van der Waals surface area (Å²) in [7, 11) is 0. The van der Waals surface area contributed by atoms with Crippen molar-refractivity contribution in [3.05, 3.63) is 34.9 Å². The molecule has 1 saturated heterocycles. The number of Topliss-reactive ketones (excluding diaryl/α,β-unsaturated/α-hetero) is 1. The van der Waals surface area contributed by atoms with E-state index in [1.807, 2.05) is 0 Å². The van der Waals surface area contributed by atoms with E-state index in [1.54, 1.807) is 24.3 Å². The second-order valence-electron chi connectivity index (χ2n) is 3.57. The third-order valence-corrected chi connectivity index (χ3v) is 2.66. The fraction of sp³-hybridized carbons (Fsp3) is 0.182. The van der Waals surface area contributed by atoms with Crippen LogP contribution in [0, 0.1) is 0 Å². The van der Waals surface area contributed by atoms with Crippen LogP contribution in [0.1, 0.15) is 10.4 Å². The van der Waals surface area contributed by atoms with Crippen LogP contribution in [-0.2, 0) is 4.79 Å². The van der Waals surface area contributed by atoms with Crippen molar-refractivity contribution in [2.45, 2.75) is 0 Å². The second-order valence-corrected chi connectivity index (χ2v) is 4.01. The monoisotopic (exact) mass is 252 g/mol. The zero-order chi connectivity index (χ0) is 12.4. The summed E-state index contributed by atoms with van der Waals surface area (Å²) >= 11 is 5.69. The molecule has 88 valence electrons. The molecule has 17 heavy (non-hydrogen) atoms. The minimum absolute atomic E-state index is 0.0489. The van der Waals surface area contributed by atoms with E-state index in [0.29, 0.717) is 10.6 Å². The Labute approximate surface area is 102 Å². The van der Waals surface area contributed by atoms with Crippen molar-refractivity contribution in [1.82, 2.24) is 10.2 Å². The highest BCUT2D eigenvalue weighted by Crippen LogP contribution is 2.11. The fourth-order valence-corrected chi connectivity index (χ4v) is 1.61. The highest BCUT2D eigenvalue weighted by Gasteiger charge is 2.30. The van der Waals surface area contributed by atoms with Crippen LogP contribution in [0.5, 0.6) is 0 Å². The predicted molar refractivity (Wildman–Crippen MR) is 60.9 cm³/mol.